The van der Waals surface area contributed by atoms with Gasteiger partial charge >= 0.3 is 0 Å². The van der Waals surface area contributed by atoms with Gasteiger partial charge in [0.15, 0.2) is 0 Å². The molecule has 0 saturated heterocycles. The number of amides is 1. The number of carbonyl (C=O) groups excluding carboxylic acids is 1. The number of rotatable bonds is 5. The summed E-state index contributed by atoms with van der Waals surface area (Å²) in [6, 6.07) is 10.1. The van der Waals surface area contributed by atoms with Crippen LogP contribution in [-0.2, 0) is 11.2 Å². The molecule has 1 aromatic heterocycles. The zero-order chi connectivity index (χ0) is 17.8. The van der Waals surface area contributed by atoms with Gasteiger partial charge in [-0.25, -0.2) is 4.68 Å². The Bertz CT molecular complexity index is 724. The van der Waals surface area contributed by atoms with Gasteiger partial charge < -0.3 is 10.4 Å². The number of aryl methyl sites for hydroxylation is 1. The van der Waals surface area contributed by atoms with E-state index in [1.807, 2.05) is 48.9 Å². The van der Waals surface area contributed by atoms with E-state index in [1.165, 1.54) is 0 Å². The highest BCUT2D eigenvalue weighted by Crippen LogP contribution is 2.24. The van der Waals surface area contributed by atoms with E-state index in [0.717, 1.165) is 48.3 Å². The van der Waals surface area contributed by atoms with Crippen LogP contribution in [0.25, 0.3) is 5.69 Å². The molecule has 1 aliphatic carbocycles. The first-order valence-electron chi connectivity index (χ1n) is 9.11. The number of benzene rings is 1. The fraction of sp³-hybridized carbons (Fsp3) is 0.500. The van der Waals surface area contributed by atoms with Crippen LogP contribution >= 0.6 is 0 Å². The third-order valence-corrected chi connectivity index (χ3v) is 5.27. The van der Waals surface area contributed by atoms with Crippen molar-refractivity contribution in [2.24, 2.45) is 5.92 Å². The second kappa shape index (κ2) is 7.83. The molecule has 134 valence electrons. The van der Waals surface area contributed by atoms with Crippen molar-refractivity contribution in [2.45, 2.75) is 52.0 Å². The first kappa shape index (κ1) is 17.7. The smallest absolute Gasteiger partial charge is 0.224 e. The molecule has 2 unspecified atom stereocenters. The predicted molar refractivity (Wildman–Crippen MR) is 97.7 cm³/mol. The predicted octanol–water partition coefficient (Wildman–Crippen LogP) is 2.70. The standard InChI is InChI=1S/C20H27N3O2/c1-14-18(15(2)23(22-14)17-9-4-3-5-10-17)12-20(25)21-19-11-7-6-8-16(19)13-24/h3-5,9-10,16,19,24H,6-8,11-13H2,1-2H3,(H,21,25). The average molecular weight is 341 g/mol. The van der Waals surface area contributed by atoms with Crippen LogP contribution in [0.15, 0.2) is 30.3 Å². The fourth-order valence-electron chi connectivity index (χ4n) is 3.79. The third kappa shape index (κ3) is 3.93. The maximum atomic E-state index is 12.6. The van der Waals surface area contributed by atoms with E-state index >= 15 is 0 Å². The molecule has 0 spiro atoms. The normalized spacial score (nSPS) is 20.4. The summed E-state index contributed by atoms with van der Waals surface area (Å²) in [7, 11) is 0. The molecule has 3 rings (SSSR count). The Hall–Kier alpha value is -2.14. The lowest BCUT2D eigenvalue weighted by Crippen LogP contribution is -2.44. The van der Waals surface area contributed by atoms with Gasteiger partial charge in [0.1, 0.15) is 0 Å². The lowest BCUT2D eigenvalue weighted by Gasteiger charge is -2.30. The van der Waals surface area contributed by atoms with Crippen LogP contribution in [0.4, 0.5) is 0 Å². The summed E-state index contributed by atoms with van der Waals surface area (Å²) in [6.07, 6.45) is 4.54. The van der Waals surface area contributed by atoms with Crippen LogP contribution in [0.1, 0.15) is 42.6 Å². The lowest BCUT2D eigenvalue weighted by atomic mass is 9.85. The van der Waals surface area contributed by atoms with Crippen molar-refractivity contribution < 1.29 is 9.90 Å². The number of nitrogens with zero attached hydrogens (tertiary/aromatic N) is 2. The second-order valence-corrected chi connectivity index (χ2v) is 6.97. The summed E-state index contributed by atoms with van der Waals surface area (Å²) in [5.74, 6) is 0.205. The van der Waals surface area contributed by atoms with Crippen LogP contribution in [0, 0.1) is 19.8 Å². The molecule has 2 atom stereocenters. The van der Waals surface area contributed by atoms with Crippen LogP contribution in [0.2, 0.25) is 0 Å². The van der Waals surface area contributed by atoms with E-state index in [2.05, 4.69) is 10.4 Å². The minimum atomic E-state index is 0.0177. The van der Waals surface area contributed by atoms with E-state index < -0.39 is 0 Å². The second-order valence-electron chi connectivity index (χ2n) is 6.97. The fourth-order valence-corrected chi connectivity index (χ4v) is 3.79. The summed E-state index contributed by atoms with van der Waals surface area (Å²) in [6.45, 7) is 4.11. The van der Waals surface area contributed by atoms with Crippen molar-refractivity contribution in [2.75, 3.05) is 6.61 Å². The highest BCUT2D eigenvalue weighted by atomic mass is 16.3. The number of aromatic nitrogens is 2. The van der Waals surface area contributed by atoms with Gasteiger partial charge in [0, 0.05) is 29.8 Å². The van der Waals surface area contributed by atoms with Gasteiger partial charge in [0.25, 0.3) is 0 Å². The van der Waals surface area contributed by atoms with Gasteiger partial charge in [-0.1, -0.05) is 31.0 Å². The first-order chi connectivity index (χ1) is 12.1. The Balaban J connectivity index is 1.72. The molecule has 25 heavy (non-hydrogen) atoms. The molecule has 1 amide bonds. The molecule has 1 saturated carbocycles. The molecule has 1 aliphatic rings. The van der Waals surface area contributed by atoms with E-state index in [-0.39, 0.29) is 24.5 Å². The monoisotopic (exact) mass is 341 g/mol. The Morgan fingerprint density at radius 2 is 1.96 bits per heavy atom. The molecule has 0 radical (unpaired) electrons. The van der Waals surface area contributed by atoms with E-state index in [1.54, 1.807) is 0 Å². The summed E-state index contributed by atoms with van der Waals surface area (Å²) >= 11 is 0. The largest absolute Gasteiger partial charge is 0.396 e. The van der Waals surface area contributed by atoms with Gasteiger partial charge in [-0.2, -0.15) is 5.10 Å². The van der Waals surface area contributed by atoms with Crippen molar-refractivity contribution in [3.63, 3.8) is 0 Å². The maximum Gasteiger partial charge on any atom is 0.224 e. The summed E-state index contributed by atoms with van der Waals surface area (Å²) in [5, 5.41) is 17.3. The molecule has 0 bridgehead atoms. The van der Waals surface area contributed by atoms with Crippen molar-refractivity contribution >= 4 is 5.91 Å². The van der Waals surface area contributed by atoms with E-state index in [4.69, 9.17) is 0 Å². The Kier molecular flexibility index (Phi) is 5.53. The number of nitrogens with one attached hydrogen (secondary N) is 1. The maximum absolute atomic E-state index is 12.6. The first-order valence-corrected chi connectivity index (χ1v) is 9.11. The minimum Gasteiger partial charge on any atom is -0.396 e. The topological polar surface area (TPSA) is 67.2 Å². The van der Waals surface area contributed by atoms with Crippen molar-refractivity contribution in [1.29, 1.82) is 0 Å². The highest BCUT2D eigenvalue weighted by molar-refractivity contribution is 5.79. The van der Waals surface area contributed by atoms with E-state index in [9.17, 15) is 9.90 Å². The summed E-state index contributed by atoms with van der Waals surface area (Å²) < 4.78 is 1.90. The molecule has 2 N–H and O–H groups in total. The van der Waals surface area contributed by atoms with Crippen molar-refractivity contribution in [3.8, 4) is 5.69 Å². The lowest BCUT2D eigenvalue weighted by molar-refractivity contribution is -0.121. The molecule has 5 nitrogen and oxygen atoms in total. The average Bonchev–Trinajstić information content (AvgIpc) is 2.91. The number of hydrogen-bond donors (Lipinski definition) is 2. The number of hydrogen-bond acceptors (Lipinski definition) is 3. The molecule has 1 heterocycles. The quantitative estimate of drug-likeness (QED) is 0.879. The molecular formula is C20H27N3O2. The minimum absolute atomic E-state index is 0.0177. The van der Waals surface area contributed by atoms with Gasteiger partial charge in [0.2, 0.25) is 5.91 Å². The molecule has 1 fully saturated rings. The zero-order valence-corrected chi connectivity index (χ0v) is 15.0. The number of aliphatic hydroxyl groups excluding tert-OH is 1. The Morgan fingerprint density at radius 1 is 1.24 bits per heavy atom. The highest BCUT2D eigenvalue weighted by Gasteiger charge is 2.26. The Morgan fingerprint density at radius 3 is 2.68 bits per heavy atom. The van der Waals surface area contributed by atoms with Crippen molar-refractivity contribution in [3.05, 3.63) is 47.3 Å². The molecule has 1 aromatic carbocycles. The number of carbonyl (C=O) groups is 1. The van der Waals surface area contributed by atoms with Crippen LogP contribution in [-0.4, -0.2) is 33.4 Å². The van der Waals surface area contributed by atoms with Gasteiger partial charge in [0.05, 0.1) is 17.8 Å². The third-order valence-electron chi connectivity index (χ3n) is 5.27. The SMILES string of the molecule is Cc1nn(-c2ccccc2)c(C)c1CC(=O)NC1CCCCC1CO. The molecule has 5 heteroatoms. The zero-order valence-electron chi connectivity index (χ0n) is 15.0. The van der Waals surface area contributed by atoms with Gasteiger partial charge in [-0.05, 0) is 38.8 Å². The van der Waals surface area contributed by atoms with Gasteiger partial charge in [-0.15, -0.1) is 0 Å². The van der Waals surface area contributed by atoms with E-state index in [0.29, 0.717) is 6.42 Å². The molecule has 2 aromatic rings. The van der Waals surface area contributed by atoms with Crippen molar-refractivity contribution in [1.82, 2.24) is 15.1 Å². The Labute approximate surface area is 149 Å². The van der Waals surface area contributed by atoms with Crippen LogP contribution < -0.4 is 5.32 Å². The number of aliphatic hydroxyl groups is 1. The van der Waals surface area contributed by atoms with Crippen LogP contribution in [0.5, 0.6) is 0 Å². The van der Waals surface area contributed by atoms with Gasteiger partial charge in [-0.3, -0.25) is 4.79 Å². The molecular weight excluding hydrogens is 314 g/mol. The summed E-state index contributed by atoms with van der Waals surface area (Å²) in [5.41, 5.74) is 3.88. The number of para-hydroxylation sites is 1. The van der Waals surface area contributed by atoms with Crippen LogP contribution in [0.3, 0.4) is 0 Å². The summed E-state index contributed by atoms with van der Waals surface area (Å²) in [4.78, 5) is 12.6. The molecule has 0 aliphatic heterocycles.